The van der Waals surface area contributed by atoms with Crippen LogP contribution < -0.4 is 10.6 Å². The molecule has 3 N–H and O–H groups in total. The quantitative estimate of drug-likeness (QED) is 0.492. The van der Waals surface area contributed by atoms with Crippen LogP contribution in [0.1, 0.15) is 22.3 Å². The molecule has 2 rings (SSSR count). The van der Waals surface area contributed by atoms with Gasteiger partial charge in [-0.3, -0.25) is 9.59 Å². The van der Waals surface area contributed by atoms with Crippen molar-refractivity contribution in [3.8, 4) is 0 Å². The molecule has 0 fully saturated rings. The van der Waals surface area contributed by atoms with E-state index < -0.39 is 5.91 Å². The van der Waals surface area contributed by atoms with Crippen LogP contribution in [-0.4, -0.2) is 30.1 Å². The summed E-state index contributed by atoms with van der Waals surface area (Å²) in [5, 5.41) is 14.2. The zero-order valence-corrected chi connectivity index (χ0v) is 15.1. The molecule has 0 aliphatic heterocycles. The predicted molar refractivity (Wildman–Crippen MR) is 101 cm³/mol. The molecule has 0 heterocycles. The maximum atomic E-state index is 12.5. The van der Waals surface area contributed by atoms with Crippen molar-refractivity contribution in [2.24, 2.45) is 0 Å². The van der Waals surface area contributed by atoms with Gasteiger partial charge in [-0.15, -0.1) is 0 Å². The lowest BCUT2D eigenvalue weighted by Gasteiger charge is -2.11. The molecule has 0 aliphatic carbocycles. The van der Waals surface area contributed by atoms with E-state index in [-0.39, 0.29) is 18.2 Å². The van der Waals surface area contributed by atoms with Gasteiger partial charge in [0, 0.05) is 17.6 Å². The van der Waals surface area contributed by atoms with Gasteiger partial charge in [0.15, 0.2) is 0 Å². The second kappa shape index (κ2) is 9.76. The lowest BCUT2D eigenvalue weighted by Crippen LogP contribution is -2.35. The topological polar surface area (TPSA) is 78.4 Å². The summed E-state index contributed by atoms with van der Waals surface area (Å²) in [4.78, 5) is 24.9. The predicted octanol–water partition coefficient (Wildman–Crippen LogP) is 2.72. The van der Waals surface area contributed by atoms with Crippen LogP contribution in [0.15, 0.2) is 64.8 Å². The molecule has 2 aromatic rings. The molecular formula is C19H19BrN2O3. The van der Waals surface area contributed by atoms with Crippen molar-refractivity contribution in [2.45, 2.75) is 6.42 Å². The van der Waals surface area contributed by atoms with Crippen LogP contribution >= 0.6 is 15.9 Å². The van der Waals surface area contributed by atoms with Gasteiger partial charge < -0.3 is 15.7 Å². The molecular weight excluding hydrogens is 384 g/mol. The fourth-order valence-corrected chi connectivity index (χ4v) is 2.55. The fraction of sp³-hybridized carbons (Fsp3) is 0.158. The number of nitrogens with one attached hydrogen (secondary N) is 2. The minimum Gasteiger partial charge on any atom is -0.396 e. The second-order valence-electron chi connectivity index (χ2n) is 5.24. The maximum absolute atomic E-state index is 12.5. The number of carbonyl (C=O) groups is 2. The van der Waals surface area contributed by atoms with Crippen molar-refractivity contribution in [1.29, 1.82) is 0 Å². The number of rotatable bonds is 7. The number of aliphatic hydroxyl groups is 1. The van der Waals surface area contributed by atoms with Crippen molar-refractivity contribution >= 4 is 33.8 Å². The smallest absolute Gasteiger partial charge is 0.267 e. The van der Waals surface area contributed by atoms with E-state index in [1.165, 1.54) is 0 Å². The Balaban J connectivity index is 2.22. The SMILES string of the molecule is O=C(NCCCO)C(=Cc1ccccc1)NC(=O)c1ccccc1Br. The zero-order valence-electron chi connectivity index (χ0n) is 13.5. The van der Waals surface area contributed by atoms with Crippen molar-refractivity contribution in [1.82, 2.24) is 10.6 Å². The number of benzene rings is 2. The van der Waals surface area contributed by atoms with Gasteiger partial charge in [-0.1, -0.05) is 42.5 Å². The molecule has 2 aromatic carbocycles. The van der Waals surface area contributed by atoms with Gasteiger partial charge in [0.25, 0.3) is 11.8 Å². The molecule has 0 spiro atoms. The fourth-order valence-electron chi connectivity index (χ4n) is 2.09. The number of hydrogen-bond acceptors (Lipinski definition) is 3. The molecule has 5 nitrogen and oxygen atoms in total. The highest BCUT2D eigenvalue weighted by Gasteiger charge is 2.16. The van der Waals surface area contributed by atoms with Gasteiger partial charge >= 0.3 is 0 Å². The maximum Gasteiger partial charge on any atom is 0.267 e. The molecule has 0 radical (unpaired) electrons. The Labute approximate surface area is 154 Å². The highest BCUT2D eigenvalue weighted by atomic mass is 79.9. The summed E-state index contributed by atoms with van der Waals surface area (Å²) in [6.07, 6.45) is 2.06. The summed E-state index contributed by atoms with van der Waals surface area (Å²) in [7, 11) is 0. The van der Waals surface area contributed by atoms with Gasteiger partial charge in [-0.25, -0.2) is 0 Å². The third-order valence-corrected chi connectivity index (χ3v) is 4.03. The molecule has 6 heteroatoms. The van der Waals surface area contributed by atoms with E-state index in [0.29, 0.717) is 23.0 Å². The molecule has 0 atom stereocenters. The minimum atomic E-state index is -0.405. The Morgan fingerprint density at radius 2 is 1.72 bits per heavy atom. The summed E-state index contributed by atoms with van der Waals surface area (Å²) in [5.41, 5.74) is 1.37. The molecule has 0 aliphatic rings. The average Bonchev–Trinajstić information content (AvgIpc) is 2.62. The standard InChI is InChI=1S/C19H19BrN2O3/c20-16-10-5-4-9-15(16)18(24)22-17(19(25)21-11-6-12-23)13-14-7-2-1-3-8-14/h1-5,7-10,13,23H,6,11-12H2,(H,21,25)(H,22,24). The number of aliphatic hydroxyl groups excluding tert-OH is 1. The lowest BCUT2D eigenvalue weighted by atomic mass is 10.1. The third kappa shape index (κ3) is 5.85. The van der Waals surface area contributed by atoms with Crippen LogP contribution in [-0.2, 0) is 4.79 Å². The molecule has 0 bridgehead atoms. The van der Waals surface area contributed by atoms with E-state index in [0.717, 1.165) is 5.56 Å². The number of halogens is 1. The highest BCUT2D eigenvalue weighted by Crippen LogP contribution is 2.16. The number of amides is 2. The van der Waals surface area contributed by atoms with Gasteiger partial charge in [-0.05, 0) is 46.1 Å². The number of carbonyl (C=O) groups excluding carboxylic acids is 2. The largest absolute Gasteiger partial charge is 0.396 e. The van der Waals surface area contributed by atoms with Crippen LogP contribution in [0.4, 0.5) is 0 Å². The van der Waals surface area contributed by atoms with E-state index in [4.69, 9.17) is 5.11 Å². The monoisotopic (exact) mass is 402 g/mol. The highest BCUT2D eigenvalue weighted by molar-refractivity contribution is 9.10. The molecule has 0 saturated carbocycles. The van der Waals surface area contributed by atoms with Crippen LogP contribution in [0.25, 0.3) is 6.08 Å². The summed E-state index contributed by atoms with van der Waals surface area (Å²) in [6, 6.07) is 16.2. The van der Waals surface area contributed by atoms with E-state index in [2.05, 4.69) is 26.6 Å². The van der Waals surface area contributed by atoms with Crippen LogP contribution in [0.3, 0.4) is 0 Å². The van der Waals surface area contributed by atoms with E-state index >= 15 is 0 Å². The first-order chi connectivity index (χ1) is 12.1. The summed E-state index contributed by atoms with van der Waals surface area (Å²) in [5.74, 6) is -0.787. The normalized spacial score (nSPS) is 11.0. The Hall–Kier alpha value is -2.44. The van der Waals surface area contributed by atoms with Crippen molar-refractivity contribution in [3.05, 3.63) is 75.9 Å². The third-order valence-electron chi connectivity index (χ3n) is 3.34. The van der Waals surface area contributed by atoms with Gasteiger partial charge in [0.05, 0.1) is 5.56 Å². The number of hydrogen-bond donors (Lipinski definition) is 3. The molecule has 130 valence electrons. The molecule has 0 saturated heterocycles. The lowest BCUT2D eigenvalue weighted by molar-refractivity contribution is -0.117. The van der Waals surface area contributed by atoms with Crippen LogP contribution in [0.5, 0.6) is 0 Å². The van der Waals surface area contributed by atoms with Gasteiger partial charge in [0.2, 0.25) is 0 Å². The second-order valence-corrected chi connectivity index (χ2v) is 6.09. The molecule has 2 amide bonds. The van der Waals surface area contributed by atoms with E-state index in [9.17, 15) is 9.59 Å². The summed E-state index contributed by atoms with van der Waals surface area (Å²) < 4.78 is 0.646. The first-order valence-corrected chi connectivity index (χ1v) is 8.63. The van der Waals surface area contributed by atoms with Crippen molar-refractivity contribution < 1.29 is 14.7 Å². The Morgan fingerprint density at radius 3 is 2.40 bits per heavy atom. The van der Waals surface area contributed by atoms with Crippen LogP contribution in [0.2, 0.25) is 0 Å². The summed E-state index contributed by atoms with van der Waals surface area (Å²) >= 11 is 3.33. The Kier molecular flexibility index (Phi) is 7.37. The van der Waals surface area contributed by atoms with Crippen LogP contribution in [0, 0.1) is 0 Å². The Bertz CT molecular complexity index is 760. The van der Waals surface area contributed by atoms with E-state index in [1.807, 2.05) is 36.4 Å². The first-order valence-electron chi connectivity index (χ1n) is 7.83. The van der Waals surface area contributed by atoms with Crippen molar-refractivity contribution in [3.63, 3.8) is 0 Å². The zero-order chi connectivity index (χ0) is 18.1. The molecule has 0 aromatic heterocycles. The van der Waals surface area contributed by atoms with Gasteiger partial charge in [0.1, 0.15) is 5.70 Å². The summed E-state index contributed by atoms with van der Waals surface area (Å²) in [6.45, 7) is 0.313. The van der Waals surface area contributed by atoms with Crippen molar-refractivity contribution in [2.75, 3.05) is 13.2 Å². The molecule has 0 unspecified atom stereocenters. The van der Waals surface area contributed by atoms with Gasteiger partial charge in [-0.2, -0.15) is 0 Å². The average molecular weight is 403 g/mol. The first kappa shape index (κ1) is 18.9. The minimum absolute atomic E-state index is 0.0126. The van der Waals surface area contributed by atoms with E-state index in [1.54, 1.807) is 24.3 Å². The Morgan fingerprint density at radius 1 is 1.04 bits per heavy atom. The molecule has 25 heavy (non-hydrogen) atoms.